The first-order valence-electron chi connectivity index (χ1n) is 8.78. The molecule has 3 rings (SSSR count). The Morgan fingerprint density at radius 3 is 2.39 bits per heavy atom. The summed E-state index contributed by atoms with van der Waals surface area (Å²) in [4.78, 5) is 0.204. The van der Waals surface area contributed by atoms with Gasteiger partial charge in [0.1, 0.15) is 0 Å². The minimum atomic E-state index is -4.61. The standard InChI is InChI=1S/C19H16ClF3N2O4S2/c20-15-7-13(19(21,22)23)3-6-16(15)31(29)25-9-17(18(27,10-25)11-26)30(28)14-4-1-12(8-24)2-5-14/h1-7,17,26-27H,9-11H2/t17-,18?,30?,31?/m0/s1. The molecule has 166 valence electrons. The third-order valence-corrected chi connectivity index (χ3v) is 8.59. The Bertz CT molecular complexity index is 990. The highest BCUT2D eigenvalue weighted by molar-refractivity contribution is 7.92. The molecule has 12 heteroatoms. The number of hydrogen-bond donors (Lipinski definition) is 2. The summed E-state index contributed by atoms with van der Waals surface area (Å²) in [7, 11) is 0. The maximum atomic E-state index is 13.0. The highest BCUT2D eigenvalue weighted by Gasteiger charge is 2.56. The number of hydrogen-bond acceptors (Lipinski definition) is 6. The van der Waals surface area contributed by atoms with E-state index >= 15 is 0 Å². The fourth-order valence-corrected chi connectivity index (χ4v) is 6.54. The second-order valence-corrected chi connectivity index (χ2v) is 10.4. The van der Waals surface area contributed by atoms with E-state index in [1.54, 1.807) is 0 Å². The van der Waals surface area contributed by atoms with Crippen LogP contribution in [0.15, 0.2) is 52.3 Å². The smallest absolute Gasteiger partial charge is 0.416 e. The lowest BCUT2D eigenvalue weighted by atomic mass is 10.1. The van der Waals surface area contributed by atoms with Gasteiger partial charge in [-0.25, -0.2) is 0 Å². The zero-order valence-corrected chi connectivity index (χ0v) is 18.1. The van der Waals surface area contributed by atoms with Crippen LogP contribution in [-0.4, -0.2) is 54.2 Å². The monoisotopic (exact) mass is 492 g/mol. The van der Waals surface area contributed by atoms with Crippen molar-refractivity contribution in [3.05, 3.63) is 58.6 Å². The van der Waals surface area contributed by atoms with Crippen molar-refractivity contribution >= 4 is 34.1 Å². The third-order valence-electron chi connectivity index (χ3n) is 4.85. The molecule has 2 N–H and O–H groups in total. The Morgan fingerprint density at radius 1 is 1.23 bits per heavy atom. The lowest BCUT2D eigenvalue weighted by Gasteiger charge is -2.27. The molecule has 0 radical (unpaired) electrons. The van der Waals surface area contributed by atoms with Gasteiger partial charge in [0.05, 0.1) is 53.3 Å². The number of alkyl halides is 3. The highest BCUT2D eigenvalue weighted by atomic mass is 35.5. The van der Waals surface area contributed by atoms with E-state index in [-0.39, 0.29) is 23.0 Å². The molecule has 0 bridgehead atoms. The summed E-state index contributed by atoms with van der Waals surface area (Å²) in [5.41, 5.74) is -2.51. The van der Waals surface area contributed by atoms with Gasteiger partial charge in [-0.05, 0) is 53.6 Å². The Balaban J connectivity index is 1.85. The number of rotatable bonds is 5. The van der Waals surface area contributed by atoms with Crippen LogP contribution < -0.4 is 0 Å². The van der Waals surface area contributed by atoms with E-state index < -0.39 is 51.7 Å². The topological polar surface area (TPSA) is 114 Å². The van der Waals surface area contributed by atoms with E-state index in [1.807, 2.05) is 6.07 Å². The van der Waals surface area contributed by atoms with Crippen LogP contribution in [0.5, 0.6) is 0 Å². The zero-order chi connectivity index (χ0) is 23.0. The van der Waals surface area contributed by atoms with Crippen molar-refractivity contribution in [1.29, 1.82) is 5.26 Å². The Morgan fingerprint density at radius 2 is 1.87 bits per heavy atom. The first-order chi connectivity index (χ1) is 14.5. The van der Waals surface area contributed by atoms with Crippen molar-refractivity contribution < 1.29 is 32.5 Å². The number of nitriles is 1. The summed E-state index contributed by atoms with van der Waals surface area (Å²) in [6.45, 7) is -1.28. The summed E-state index contributed by atoms with van der Waals surface area (Å²) in [6.07, 6.45) is -4.61. The summed E-state index contributed by atoms with van der Waals surface area (Å²) >= 11 is 2.02. The molecular formula is C19H16ClF3N2O4S2. The van der Waals surface area contributed by atoms with Gasteiger partial charge in [-0.1, -0.05) is 11.6 Å². The number of aliphatic hydroxyl groups excluding tert-OH is 1. The van der Waals surface area contributed by atoms with Gasteiger partial charge in [0.2, 0.25) is 0 Å². The second kappa shape index (κ2) is 9.17. The first kappa shape index (κ1) is 24.2. The molecule has 2 aromatic carbocycles. The fourth-order valence-electron chi connectivity index (χ4n) is 3.16. The Labute approximate surface area is 187 Å². The molecule has 1 heterocycles. The largest absolute Gasteiger partial charge is 0.611 e. The molecule has 1 aliphatic heterocycles. The van der Waals surface area contributed by atoms with E-state index in [1.165, 1.54) is 28.6 Å². The van der Waals surface area contributed by atoms with Crippen LogP contribution >= 0.6 is 11.6 Å². The van der Waals surface area contributed by atoms with Crippen molar-refractivity contribution in [3.63, 3.8) is 0 Å². The van der Waals surface area contributed by atoms with Crippen molar-refractivity contribution in [2.75, 3.05) is 19.7 Å². The minimum absolute atomic E-state index is 0.0974. The zero-order valence-electron chi connectivity index (χ0n) is 15.7. The average Bonchev–Trinajstić information content (AvgIpc) is 3.10. The molecule has 3 unspecified atom stereocenters. The normalized spacial score (nSPS) is 24.0. The maximum absolute atomic E-state index is 13.0. The number of nitrogens with zero attached hydrogens (tertiary/aromatic N) is 2. The number of β-amino-alcohol motifs (C(OH)–C–C–N with tert-alkyl or cyclic N) is 1. The fraction of sp³-hybridized carbons (Fsp3) is 0.316. The molecule has 1 saturated heterocycles. The van der Waals surface area contributed by atoms with E-state index in [0.29, 0.717) is 16.5 Å². The first-order valence-corrected chi connectivity index (χ1v) is 11.5. The van der Waals surface area contributed by atoms with Crippen LogP contribution in [-0.2, 0) is 28.7 Å². The van der Waals surface area contributed by atoms with Gasteiger partial charge < -0.3 is 19.3 Å². The predicted molar refractivity (Wildman–Crippen MR) is 108 cm³/mol. The second-order valence-electron chi connectivity index (χ2n) is 6.90. The van der Waals surface area contributed by atoms with Crippen LogP contribution in [0.4, 0.5) is 13.2 Å². The van der Waals surface area contributed by atoms with E-state index in [0.717, 1.165) is 12.1 Å². The molecule has 0 amide bonds. The molecule has 0 aromatic heterocycles. The average molecular weight is 493 g/mol. The van der Waals surface area contributed by atoms with Crippen LogP contribution in [0.2, 0.25) is 5.02 Å². The van der Waals surface area contributed by atoms with Crippen molar-refractivity contribution in [2.24, 2.45) is 0 Å². The number of aliphatic hydroxyl groups is 2. The van der Waals surface area contributed by atoms with Crippen LogP contribution in [0.3, 0.4) is 0 Å². The van der Waals surface area contributed by atoms with E-state index in [2.05, 4.69) is 0 Å². The molecule has 1 fully saturated rings. The Kier molecular flexibility index (Phi) is 7.15. The molecule has 1 aliphatic rings. The summed E-state index contributed by atoms with van der Waals surface area (Å²) in [6, 6.07) is 10.2. The lowest BCUT2D eigenvalue weighted by molar-refractivity contribution is -0.137. The number of benzene rings is 2. The van der Waals surface area contributed by atoms with Gasteiger partial charge >= 0.3 is 6.18 Å². The van der Waals surface area contributed by atoms with Gasteiger partial charge in [0.15, 0.2) is 20.6 Å². The van der Waals surface area contributed by atoms with Crippen LogP contribution in [0, 0.1) is 11.3 Å². The van der Waals surface area contributed by atoms with Crippen LogP contribution in [0.25, 0.3) is 0 Å². The molecule has 0 spiro atoms. The highest BCUT2D eigenvalue weighted by Crippen LogP contribution is 2.38. The van der Waals surface area contributed by atoms with Gasteiger partial charge in [0, 0.05) is 0 Å². The molecule has 2 aromatic rings. The minimum Gasteiger partial charge on any atom is -0.611 e. The van der Waals surface area contributed by atoms with E-state index in [9.17, 15) is 32.5 Å². The lowest BCUT2D eigenvalue weighted by Crippen LogP contribution is -2.49. The van der Waals surface area contributed by atoms with Crippen molar-refractivity contribution in [1.82, 2.24) is 4.31 Å². The summed E-state index contributed by atoms with van der Waals surface area (Å²) < 4.78 is 65.7. The maximum Gasteiger partial charge on any atom is 0.416 e. The molecule has 0 aliphatic carbocycles. The molecule has 0 saturated carbocycles. The van der Waals surface area contributed by atoms with Crippen LogP contribution in [0.1, 0.15) is 11.1 Å². The van der Waals surface area contributed by atoms with Gasteiger partial charge in [-0.3, -0.25) is 0 Å². The molecule has 4 atom stereocenters. The molecule has 6 nitrogen and oxygen atoms in total. The van der Waals surface area contributed by atoms with Crippen molar-refractivity contribution in [3.8, 4) is 6.07 Å². The van der Waals surface area contributed by atoms with Gasteiger partial charge in [0.25, 0.3) is 0 Å². The number of halogens is 4. The Hall–Kier alpha value is -1.49. The van der Waals surface area contributed by atoms with Gasteiger partial charge in [-0.15, -0.1) is 4.31 Å². The molecule has 31 heavy (non-hydrogen) atoms. The van der Waals surface area contributed by atoms with E-state index in [4.69, 9.17) is 16.9 Å². The summed E-state index contributed by atoms with van der Waals surface area (Å²) in [5.74, 6) is 0. The SMILES string of the molecule is N#Cc1ccc([S+]([O-])[C@H]2CN([S+]([O-])c3ccc(C(F)(F)F)cc3Cl)CC2(O)CO)cc1. The molecular weight excluding hydrogens is 477 g/mol. The van der Waals surface area contributed by atoms with Gasteiger partial charge in [-0.2, -0.15) is 18.4 Å². The summed E-state index contributed by atoms with van der Waals surface area (Å²) in [5, 5.41) is 28.0. The van der Waals surface area contributed by atoms with Crippen molar-refractivity contribution in [2.45, 2.75) is 26.8 Å². The predicted octanol–water partition coefficient (Wildman–Crippen LogP) is 2.47. The third kappa shape index (κ3) is 4.97. The quantitative estimate of drug-likeness (QED) is 0.620.